The molecule has 3 aliphatic heterocycles. The van der Waals surface area contributed by atoms with Crippen LogP contribution in [0.2, 0.25) is 0 Å². The third-order valence-corrected chi connectivity index (χ3v) is 6.15. The van der Waals surface area contributed by atoms with Crippen LogP contribution >= 0.6 is 0 Å². The van der Waals surface area contributed by atoms with Crippen molar-refractivity contribution in [3.05, 3.63) is 39.9 Å². The lowest BCUT2D eigenvalue weighted by atomic mass is 9.77. The minimum Gasteiger partial charge on any atom is -0.340 e. The topological polar surface area (TPSA) is 133 Å². The molecule has 2 saturated heterocycles. The molecule has 3 aliphatic rings. The third kappa shape index (κ3) is 4.39. The van der Waals surface area contributed by atoms with Crippen molar-refractivity contribution in [2.75, 3.05) is 52.4 Å². The fraction of sp³-hybridized carbons (Fsp3) is 0.524. The van der Waals surface area contributed by atoms with Crippen molar-refractivity contribution in [1.29, 1.82) is 0 Å². The van der Waals surface area contributed by atoms with Crippen LogP contribution in [-0.2, 0) is 9.59 Å². The lowest BCUT2D eigenvalue weighted by molar-refractivity contribution is -0.384. The van der Waals surface area contributed by atoms with E-state index in [1.165, 1.54) is 12.1 Å². The molecule has 32 heavy (non-hydrogen) atoms. The van der Waals surface area contributed by atoms with E-state index in [1.807, 2.05) is 0 Å². The molecule has 3 heterocycles. The van der Waals surface area contributed by atoms with Crippen molar-refractivity contribution in [2.45, 2.75) is 12.8 Å². The highest BCUT2D eigenvalue weighted by Crippen LogP contribution is 2.35. The molecular formula is C21H27N7O4. The summed E-state index contributed by atoms with van der Waals surface area (Å²) >= 11 is 0. The van der Waals surface area contributed by atoms with Crippen LogP contribution in [-0.4, -0.2) is 90.3 Å². The molecule has 1 aromatic rings. The summed E-state index contributed by atoms with van der Waals surface area (Å²) in [5, 5.41) is 26.3. The number of hydrogen-bond acceptors (Lipinski definition) is 8. The van der Waals surface area contributed by atoms with Gasteiger partial charge in [0.1, 0.15) is 5.71 Å². The van der Waals surface area contributed by atoms with Crippen LogP contribution in [0.3, 0.4) is 0 Å². The van der Waals surface area contributed by atoms with Gasteiger partial charge in [-0.05, 0) is 12.5 Å². The van der Waals surface area contributed by atoms with Gasteiger partial charge in [-0.15, -0.1) is 5.10 Å². The first-order valence-corrected chi connectivity index (χ1v) is 10.8. The summed E-state index contributed by atoms with van der Waals surface area (Å²) in [5.41, 5.74) is 1.09. The van der Waals surface area contributed by atoms with Crippen LogP contribution in [0.4, 0.5) is 5.69 Å². The maximum Gasteiger partial charge on any atom is 0.270 e. The molecule has 2 amide bonds. The molecule has 11 nitrogen and oxygen atoms in total. The number of nitrogens with one attached hydrogen (secondary N) is 2. The molecule has 0 radical (unpaired) electrons. The van der Waals surface area contributed by atoms with E-state index in [-0.39, 0.29) is 23.2 Å². The number of nitro benzene ring substituents is 1. The molecule has 1 aromatic carbocycles. The van der Waals surface area contributed by atoms with Gasteiger partial charge in [0, 0.05) is 64.5 Å². The minimum absolute atomic E-state index is 0.0926. The second-order valence-corrected chi connectivity index (χ2v) is 8.15. The summed E-state index contributed by atoms with van der Waals surface area (Å²) in [6, 6.07) is 6.12. The number of non-ortho nitro benzene ring substituents is 1. The molecule has 0 saturated carbocycles. The lowest BCUT2D eigenvalue weighted by Gasteiger charge is -2.37. The number of carbonyl (C=O) groups excluding carboxylic acids is 2. The highest BCUT2D eigenvalue weighted by atomic mass is 16.6. The van der Waals surface area contributed by atoms with Crippen molar-refractivity contribution < 1.29 is 14.5 Å². The largest absolute Gasteiger partial charge is 0.340 e. The zero-order valence-corrected chi connectivity index (χ0v) is 18.0. The molecule has 2 atom stereocenters. The second-order valence-electron chi connectivity index (χ2n) is 8.15. The van der Waals surface area contributed by atoms with Gasteiger partial charge in [-0.2, -0.15) is 5.10 Å². The maximum atomic E-state index is 13.6. The van der Waals surface area contributed by atoms with Crippen molar-refractivity contribution in [2.24, 2.45) is 16.1 Å². The standard InChI is InChI=1S/C21H27N7O4/c1-14-17(20(29)26-9-5-22-6-10-26)18(15-3-2-4-16(13-15)28(31)32)19(25-24-14)21(30)27-11-7-23-8-12-27/h2-4,13,17-18,22-23H,5-12H2,1H3. The van der Waals surface area contributed by atoms with E-state index in [9.17, 15) is 19.7 Å². The van der Waals surface area contributed by atoms with Gasteiger partial charge in [0.05, 0.1) is 22.5 Å². The molecular weight excluding hydrogens is 414 g/mol. The summed E-state index contributed by atoms with van der Waals surface area (Å²) in [4.78, 5) is 41.4. The molecule has 4 rings (SSSR count). The van der Waals surface area contributed by atoms with Crippen molar-refractivity contribution in [1.82, 2.24) is 20.4 Å². The molecule has 0 spiro atoms. The average molecular weight is 441 g/mol. The van der Waals surface area contributed by atoms with Crippen molar-refractivity contribution in [3.8, 4) is 0 Å². The molecule has 0 bridgehead atoms. The van der Waals surface area contributed by atoms with Gasteiger partial charge in [-0.1, -0.05) is 12.1 Å². The second kappa shape index (κ2) is 9.53. The quantitative estimate of drug-likeness (QED) is 0.499. The van der Waals surface area contributed by atoms with E-state index in [0.29, 0.717) is 63.6 Å². The Kier molecular flexibility index (Phi) is 6.56. The number of piperazine rings is 2. The third-order valence-electron chi connectivity index (χ3n) is 6.15. The summed E-state index contributed by atoms with van der Waals surface area (Å²) in [5.74, 6) is -1.89. The van der Waals surface area contributed by atoms with Crippen molar-refractivity contribution >= 4 is 28.9 Å². The SMILES string of the molecule is CC1=NN=C(C(=O)N2CCNCC2)C(c2cccc([N+](=O)[O-])c2)C1C(=O)N1CCNCC1. The first-order chi connectivity index (χ1) is 15.5. The van der Waals surface area contributed by atoms with E-state index in [1.54, 1.807) is 28.9 Å². The number of rotatable bonds is 4. The summed E-state index contributed by atoms with van der Waals surface area (Å²) in [6.07, 6.45) is 0. The first-order valence-electron chi connectivity index (χ1n) is 10.8. The van der Waals surface area contributed by atoms with Crippen LogP contribution < -0.4 is 10.6 Å². The van der Waals surface area contributed by atoms with Gasteiger partial charge in [-0.3, -0.25) is 19.7 Å². The lowest BCUT2D eigenvalue weighted by Crippen LogP contribution is -2.54. The molecule has 2 unspecified atom stereocenters. The van der Waals surface area contributed by atoms with Crippen LogP contribution in [0, 0.1) is 16.0 Å². The highest BCUT2D eigenvalue weighted by Gasteiger charge is 2.44. The average Bonchev–Trinajstić information content (AvgIpc) is 2.84. The zero-order chi connectivity index (χ0) is 22.7. The van der Waals surface area contributed by atoms with Gasteiger partial charge in [0.25, 0.3) is 11.6 Å². The zero-order valence-electron chi connectivity index (χ0n) is 18.0. The predicted molar refractivity (Wildman–Crippen MR) is 119 cm³/mol. The molecule has 170 valence electrons. The van der Waals surface area contributed by atoms with Crippen LogP contribution in [0.25, 0.3) is 0 Å². The van der Waals surface area contributed by atoms with Gasteiger partial charge >= 0.3 is 0 Å². The number of nitrogens with zero attached hydrogens (tertiary/aromatic N) is 5. The molecule has 0 aromatic heterocycles. The summed E-state index contributed by atoms with van der Waals surface area (Å²) < 4.78 is 0. The molecule has 2 N–H and O–H groups in total. The minimum atomic E-state index is -0.741. The Morgan fingerprint density at radius 3 is 2.28 bits per heavy atom. The van der Waals surface area contributed by atoms with Gasteiger partial charge in [0.15, 0.2) is 0 Å². The Morgan fingerprint density at radius 1 is 1.03 bits per heavy atom. The molecule has 11 heteroatoms. The highest BCUT2D eigenvalue weighted by molar-refractivity contribution is 6.42. The molecule has 0 aliphatic carbocycles. The Morgan fingerprint density at radius 2 is 1.66 bits per heavy atom. The fourth-order valence-corrected chi connectivity index (χ4v) is 4.45. The normalized spacial score (nSPS) is 23.9. The van der Waals surface area contributed by atoms with E-state index in [0.717, 1.165) is 0 Å². The number of benzene rings is 1. The summed E-state index contributed by atoms with van der Waals surface area (Å²) in [6.45, 7) is 6.62. The van der Waals surface area contributed by atoms with Gasteiger partial charge in [-0.25, -0.2) is 0 Å². The number of carbonyl (C=O) groups is 2. The van der Waals surface area contributed by atoms with E-state index >= 15 is 0 Å². The van der Waals surface area contributed by atoms with Crippen molar-refractivity contribution in [3.63, 3.8) is 0 Å². The van der Waals surface area contributed by atoms with Crippen LogP contribution in [0.1, 0.15) is 18.4 Å². The number of amides is 2. The Hall–Kier alpha value is -3.18. The van der Waals surface area contributed by atoms with Gasteiger partial charge in [0.2, 0.25) is 5.91 Å². The Bertz CT molecular complexity index is 965. The first kappa shape index (κ1) is 22.0. The predicted octanol–water partition coefficient (Wildman–Crippen LogP) is -0.0113. The Balaban J connectivity index is 1.75. The number of nitro groups is 1. The van der Waals surface area contributed by atoms with E-state index in [4.69, 9.17) is 0 Å². The fourth-order valence-electron chi connectivity index (χ4n) is 4.45. The monoisotopic (exact) mass is 441 g/mol. The summed E-state index contributed by atoms with van der Waals surface area (Å²) in [7, 11) is 0. The van der Waals surface area contributed by atoms with E-state index in [2.05, 4.69) is 20.8 Å². The smallest absolute Gasteiger partial charge is 0.270 e. The van der Waals surface area contributed by atoms with Crippen LogP contribution in [0.15, 0.2) is 34.5 Å². The van der Waals surface area contributed by atoms with E-state index < -0.39 is 16.8 Å². The van der Waals surface area contributed by atoms with Gasteiger partial charge < -0.3 is 20.4 Å². The van der Waals surface area contributed by atoms with Crippen LogP contribution in [0.5, 0.6) is 0 Å². The molecule has 2 fully saturated rings. The maximum absolute atomic E-state index is 13.6. The number of hydrogen-bond donors (Lipinski definition) is 2. The Labute approximate surface area is 185 Å².